The van der Waals surface area contributed by atoms with Crippen LogP contribution < -0.4 is 10.6 Å². The zero-order valence-corrected chi connectivity index (χ0v) is 18.3. The number of para-hydroxylation sites is 1. The van der Waals surface area contributed by atoms with Gasteiger partial charge in [-0.3, -0.25) is 19.9 Å². The van der Waals surface area contributed by atoms with Crippen molar-refractivity contribution in [1.82, 2.24) is 10.3 Å². The standard InChI is InChI=1S/C25H27N3O5/c29-22(30)15-6-2-5-13-21(28-25(32)33-17-18-9-3-1-4-10-18)24(31)27-20-14-7-11-19-12-8-16-26-23(19)20/h3,7-14,16H,1-2,4-6,15,17H2,(H,27,31)(H,28,32)(H,29,30)/b21-13+. The molecule has 33 heavy (non-hydrogen) atoms. The first-order valence-electron chi connectivity index (χ1n) is 10.9. The first-order chi connectivity index (χ1) is 16.0. The average molecular weight is 450 g/mol. The third-order valence-electron chi connectivity index (χ3n) is 5.00. The van der Waals surface area contributed by atoms with Crippen molar-refractivity contribution in [1.29, 1.82) is 0 Å². The lowest BCUT2D eigenvalue weighted by Crippen LogP contribution is -2.31. The largest absolute Gasteiger partial charge is 0.481 e. The first kappa shape index (κ1) is 23.7. The summed E-state index contributed by atoms with van der Waals surface area (Å²) in [7, 11) is 0. The van der Waals surface area contributed by atoms with Crippen molar-refractivity contribution >= 4 is 34.6 Å². The van der Waals surface area contributed by atoms with Crippen LogP contribution in [-0.2, 0) is 14.3 Å². The molecule has 1 aliphatic carbocycles. The van der Waals surface area contributed by atoms with Gasteiger partial charge in [-0.1, -0.05) is 42.5 Å². The molecule has 0 bridgehead atoms. The molecule has 1 aromatic carbocycles. The number of rotatable bonds is 10. The number of pyridine rings is 1. The van der Waals surface area contributed by atoms with Crippen LogP contribution in [0.3, 0.4) is 0 Å². The summed E-state index contributed by atoms with van der Waals surface area (Å²) in [5.74, 6) is -1.38. The van der Waals surface area contributed by atoms with Crippen LogP contribution in [0.1, 0.15) is 38.5 Å². The Bertz CT molecular complexity index is 1100. The van der Waals surface area contributed by atoms with Gasteiger partial charge in [-0.05, 0) is 49.8 Å². The second-order valence-electron chi connectivity index (χ2n) is 7.55. The number of nitrogens with one attached hydrogen (secondary N) is 2. The van der Waals surface area contributed by atoms with E-state index in [1.807, 2.05) is 42.5 Å². The predicted octanol–water partition coefficient (Wildman–Crippen LogP) is 4.70. The molecule has 3 rings (SSSR count). The minimum Gasteiger partial charge on any atom is -0.481 e. The number of carboxylic acids is 1. The smallest absolute Gasteiger partial charge is 0.412 e. The molecule has 0 fully saturated rings. The molecule has 0 saturated heterocycles. The number of hydrogen-bond donors (Lipinski definition) is 3. The number of aliphatic carboxylic acids is 1. The second kappa shape index (κ2) is 12.2. The van der Waals surface area contributed by atoms with Gasteiger partial charge >= 0.3 is 12.1 Å². The van der Waals surface area contributed by atoms with Crippen LogP contribution >= 0.6 is 0 Å². The molecule has 172 valence electrons. The van der Waals surface area contributed by atoms with Crippen molar-refractivity contribution in [2.45, 2.75) is 38.5 Å². The summed E-state index contributed by atoms with van der Waals surface area (Å²) < 4.78 is 5.26. The molecule has 8 nitrogen and oxygen atoms in total. The van der Waals surface area contributed by atoms with Gasteiger partial charge in [-0.15, -0.1) is 0 Å². The number of anilines is 1. The Morgan fingerprint density at radius 3 is 2.76 bits per heavy atom. The fourth-order valence-corrected chi connectivity index (χ4v) is 3.33. The molecule has 8 heteroatoms. The maximum absolute atomic E-state index is 13.0. The van der Waals surface area contributed by atoms with E-state index < -0.39 is 18.0 Å². The van der Waals surface area contributed by atoms with Crippen LogP contribution in [0, 0.1) is 0 Å². The Balaban J connectivity index is 1.67. The number of ether oxygens (including phenoxy) is 1. The Morgan fingerprint density at radius 1 is 1.12 bits per heavy atom. The summed E-state index contributed by atoms with van der Waals surface area (Å²) >= 11 is 0. The van der Waals surface area contributed by atoms with Crippen molar-refractivity contribution in [2.24, 2.45) is 0 Å². The third-order valence-corrected chi connectivity index (χ3v) is 5.00. The van der Waals surface area contributed by atoms with Crippen LogP contribution in [-0.4, -0.2) is 34.7 Å². The molecular weight excluding hydrogens is 422 g/mol. The highest BCUT2D eigenvalue weighted by Gasteiger charge is 2.16. The molecule has 3 N–H and O–H groups in total. The van der Waals surface area contributed by atoms with E-state index in [0.29, 0.717) is 30.5 Å². The molecule has 1 aliphatic rings. The van der Waals surface area contributed by atoms with E-state index in [9.17, 15) is 14.4 Å². The molecule has 0 spiro atoms. The van der Waals surface area contributed by atoms with Crippen LogP contribution in [0.4, 0.5) is 10.5 Å². The summed E-state index contributed by atoms with van der Waals surface area (Å²) in [6.45, 7) is 0.114. The van der Waals surface area contributed by atoms with Gasteiger partial charge in [0, 0.05) is 18.0 Å². The number of aromatic nitrogens is 1. The molecule has 0 atom stereocenters. The fraction of sp³-hybridized carbons (Fsp3) is 0.280. The minimum absolute atomic E-state index is 0.0384. The second-order valence-corrected chi connectivity index (χ2v) is 7.55. The Labute approximate surface area is 192 Å². The van der Waals surface area contributed by atoms with E-state index >= 15 is 0 Å². The Morgan fingerprint density at radius 2 is 1.97 bits per heavy atom. The van der Waals surface area contributed by atoms with E-state index in [1.54, 1.807) is 18.3 Å². The number of unbranched alkanes of at least 4 members (excludes halogenated alkanes) is 2. The van der Waals surface area contributed by atoms with Gasteiger partial charge in [0.25, 0.3) is 5.91 Å². The highest BCUT2D eigenvalue weighted by molar-refractivity contribution is 6.08. The van der Waals surface area contributed by atoms with Gasteiger partial charge in [-0.25, -0.2) is 4.79 Å². The summed E-state index contributed by atoms with van der Waals surface area (Å²) in [4.78, 5) is 40.3. The van der Waals surface area contributed by atoms with Gasteiger partial charge in [0.1, 0.15) is 12.3 Å². The maximum atomic E-state index is 13.0. The van der Waals surface area contributed by atoms with Gasteiger partial charge in [-0.2, -0.15) is 0 Å². The number of alkyl carbamates (subject to hydrolysis) is 1. The molecule has 1 aromatic heterocycles. The zero-order valence-electron chi connectivity index (χ0n) is 18.3. The molecule has 0 unspecified atom stereocenters. The minimum atomic E-state index is -0.867. The number of nitrogens with zero attached hydrogens (tertiary/aromatic N) is 1. The van der Waals surface area contributed by atoms with Gasteiger partial charge in [0.15, 0.2) is 0 Å². The van der Waals surface area contributed by atoms with Gasteiger partial charge < -0.3 is 15.2 Å². The number of amides is 2. The lowest BCUT2D eigenvalue weighted by Gasteiger charge is -2.13. The molecule has 2 amide bonds. The lowest BCUT2D eigenvalue weighted by molar-refractivity contribution is -0.137. The molecule has 0 aliphatic heterocycles. The normalized spacial score (nSPS) is 13.3. The highest BCUT2D eigenvalue weighted by Crippen LogP contribution is 2.21. The van der Waals surface area contributed by atoms with Crippen molar-refractivity contribution in [3.05, 3.63) is 72.1 Å². The zero-order chi connectivity index (χ0) is 23.5. The number of hydrogen-bond acceptors (Lipinski definition) is 5. The summed E-state index contributed by atoms with van der Waals surface area (Å²) in [5, 5.41) is 15.0. The predicted molar refractivity (Wildman–Crippen MR) is 126 cm³/mol. The number of fused-ring (bicyclic) bond motifs is 1. The Hall–Kier alpha value is -3.94. The molecule has 0 saturated carbocycles. The average Bonchev–Trinajstić information content (AvgIpc) is 2.82. The van der Waals surface area contributed by atoms with E-state index in [4.69, 9.17) is 9.84 Å². The molecule has 2 aromatic rings. The maximum Gasteiger partial charge on any atom is 0.412 e. The monoisotopic (exact) mass is 449 g/mol. The van der Waals surface area contributed by atoms with E-state index in [0.717, 1.165) is 23.8 Å². The van der Waals surface area contributed by atoms with Crippen LogP contribution in [0.5, 0.6) is 0 Å². The summed E-state index contributed by atoms with van der Waals surface area (Å²) in [5.41, 5.74) is 2.09. The third kappa shape index (κ3) is 7.60. The summed E-state index contributed by atoms with van der Waals surface area (Å²) in [6, 6.07) is 9.13. The number of carbonyl (C=O) groups is 3. The molecular formula is C25H27N3O5. The van der Waals surface area contributed by atoms with Crippen LogP contribution in [0.15, 0.2) is 72.1 Å². The first-order valence-corrected chi connectivity index (χ1v) is 10.9. The van der Waals surface area contributed by atoms with Crippen molar-refractivity contribution in [2.75, 3.05) is 11.9 Å². The Kier molecular flexibility index (Phi) is 8.76. The van der Waals surface area contributed by atoms with E-state index in [-0.39, 0.29) is 18.7 Å². The van der Waals surface area contributed by atoms with E-state index in [1.165, 1.54) is 0 Å². The number of allylic oxidation sites excluding steroid dienone is 3. The van der Waals surface area contributed by atoms with Crippen LogP contribution in [0.25, 0.3) is 10.9 Å². The molecule has 0 radical (unpaired) electrons. The quantitative estimate of drug-likeness (QED) is 0.357. The van der Waals surface area contributed by atoms with Gasteiger partial charge in [0.2, 0.25) is 0 Å². The number of carboxylic acid groups (broad SMARTS) is 1. The topological polar surface area (TPSA) is 118 Å². The van der Waals surface area contributed by atoms with Crippen molar-refractivity contribution in [3.63, 3.8) is 0 Å². The number of carbonyl (C=O) groups excluding carboxylic acids is 2. The fourth-order valence-electron chi connectivity index (χ4n) is 3.33. The number of benzene rings is 1. The van der Waals surface area contributed by atoms with Gasteiger partial charge in [0.05, 0.1) is 11.2 Å². The van der Waals surface area contributed by atoms with Crippen molar-refractivity contribution in [3.8, 4) is 0 Å². The van der Waals surface area contributed by atoms with Crippen molar-refractivity contribution < 1.29 is 24.2 Å². The van der Waals surface area contributed by atoms with E-state index in [2.05, 4.69) is 15.6 Å². The van der Waals surface area contributed by atoms with Crippen LogP contribution in [0.2, 0.25) is 0 Å². The molecule has 1 heterocycles. The SMILES string of the molecule is O=C(O)CCCC/C=C(/NC(=O)OCC1=CCCC=C1)C(=O)Nc1cccc2cccnc12. The highest BCUT2D eigenvalue weighted by atomic mass is 16.5. The lowest BCUT2D eigenvalue weighted by atomic mass is 10.1. The summed E-state index contributed by atoms with van der Waals surface area (Å²) in [6.07, 6.45) is 11.8.